The molecule has 0 spiro atoms. The van der Waals surface area contributed by atoms with Crippen LogP contribution in [-0.2, 0) is 5.41 Å². The normalized spacial score (nSPS) is 13.1. The van der Waals surface area contributed by atoms with Gasteiger partial charge in [-0.3, -0.25) is 8.97 Å². The van der Waals surface area contributed by atoms with E-state index in [1.165, 1.54) is 27.8 Å². The number of aromatic nitrogens is 7. The molecule has 7 nitrogen and oxygen atoms in total. The fraction of sp³-hybridized carbons (Fsp3) is 0.0189. The van der Waals surface area contributed by atoms with Gasteiger partial charge in [0.2, 0.25) is 17.7 Å². The predicted molar refractivity (Wildman–Crippen MR) is 240 cm³/mol. The molecule has 12 aromatic rings. The molecule has 0 unspecified atom stereocenters. The summed E-state index contributed by atoms with van der Waals surface area (Å²) in [6.07, 6.45) is 0. The summed E-state index contributed by atoms with van der Waals surface area (Å²) in [7, 11) is 0. The first-order chi connectivity index (χ1) is 29.8. The Balaban J connectivity index is 1.17. The summed E-state index contributed by atoms with van der Waals surface area (Å²) >= 11 is 0. The molecule has 8 aromatic carbocycles. The molecule has 60 heavy (non-hydrogen) atoms. The average Bonchev–Trinajstić information content (AvgIpc) is 4.04. The standard InChI is InChI=1S/C53H33N7/c1-2-18-34(19-3-1)53(40-25-9-4-20-35(40)36-21-5-10-26-41(36)53)42-27-11-6-24-39(42)49-55-50(58-44-29-13-7-22-37(44)38-23-8-14-30-45(38)58)57-51(56-49)60-48-33-17-16-32-47(48)59-46-31-15-12-28-43(46)54-52(59)60/h1-33H. The summed E-state index contributed by atoms with van der Waals surface area (Å²) in [6, 6.07) is 70.8. The van der Waals surface area contributed by atoms with Gasteiger partial charge in [-0.1, -0.05) is 164 Å². The molecule has 0 atom stereocenters. The highest BCUT2D eigenvalue weighted by molar-refractivity contribution is 6.09. The number of para-hydroxylation sites is 6. The van der Waals surface area contributed by atoms with Crippen LogP contribution in [0.2, 0.25) is 0 Å². The van der Waals surface area contributed by atoms with Crippen LogP contribution in [0.25, 0.3) is 84.1 Å². The van der Waals surface area contributed by atoms with Crippen molar-refractivity contribution in [1.29, 1.82) is 0 Å². The van der Waals surface area contributed by atoms with Crippen LogP contribution in [0.3, 0.4) is 0 Å². The Labute approximate surface area is 344 Å². The molecule has 0 fully saturated rings. The SMILES string of the molecule is c1ccc(C2(c3ccccc3-c3nc(-n4c5ccccc5c5ccccc54)nc(-n4c5ccccc5n5c6ccccc6nc45)n3)c3ccccc3-c3ccccc32)cc1. The van der Waals surface area contributed by atoms with E-state index in [9.17, 15) is 0 Å². The highest BCUT2D eigenvalue weighted by atomic mass is 15.3. The lowest BCUT2D eigenvalue weighted by Crippen LogP contribution is -2.29. The van der Waals surface area contributed by atoms with Gasteiger partial charge >= 0.3 is 0 Å². The van der Waals surface area contributed by atoms with Gasteiger partial charge in [0.15, 0.2) is 5.82 Å². The van der Waals surface area contributed by atoms with Gasteiger partial charge in [-0.2, -0.15) is 15.0 Å². The fourth-order valence-electron chi connectivity index (χ4n) is 10.0. The van der Waals surface area contributed by atoms with E-state index in [-0.39, 0.29) is 0 Å². The molecule has 4 heterocycles. The van der Waals surface area contributed by atoms with Gasteiger partial charge in [0.1, 0.15) is 0 Å². The monoisotopic (exact) mass is 767 g/mol. The van der Waals surface area contributed by atoms with Crippen LogP contribution >= 0.6 is 0 Å². The zero-order valence-electron chi connectivity index (χ0n) is 32.2. The number of imidazole rings is 2. The molecule has 13 rings (SSSR count). The first-order valence-electron chi connectivity index (χ1n) is 20.3. The Hall–Kier alpha value is -8.16. The number of hydrogen-bond acceptors (Lipinski definition) is 4. The lowest BCUT2D eigenvalue weighted by atomic mass is 9.66. The van der Waals surface area contributed by atoms with Crippen molar-refractivity contribution in [2.24, 2.45) is 0 Å². The summed E-state index contributed by atoms with van der Waals surface area (Å²) in [4.78, 5) is 21.7. The quantitative estimate of drug-likeness (QED) is 0.175. The predicted octanol–water partition coefficient (Wildman–Crippen LogP) is 11.7. The largest absolute Gasteiger partial charge is 0.278 e. The molecule has 0 aliphatic heterocycles. The number of benzene rings is 8. The molecule has 0 amide bonds. The Morgan fingerprint density at radius 1 is 0.333 bits per heavy atom. The van der Waals surface area contributed by atoms with E-state index in [2.05, 4.69) is 208 Å². The Kier molecular flexibility index (Phi) is 6.81. The number of hydrogen-bond donors (Lipinski definition) is 0. The Morgan fingerprint density at radius 3 is 1.45 bits per heavy atom. The second-order valence-electron chi connectivity index (χ2n) is 15.4. The summed E-state index contributed by atoms with van der Waals surface area (Å²) in [5.74, 6) is 2.30. The molecule has 1 aliphatic rings. The smallest absolute Gasteiger partial charge is 0.242 e. The molecule has 0 N–H and O–H groups in total. The number of rotatable bonds is 5. The van der Waals surface area contributed by atoms with Crippen molar-refractivity contribution in [2.45, 2.75) is 5.41 Å². The molecule has 0 bridgehead atoms. The maximum Gasteiger partial charge on any atom is 0.242 e. The zero-order valence-corrected chi connectivity index (χ0v) is 32.2. The van der Waals surface area contributed by atoms with E-state index in [1.807, 2.05) is 6.07 Å². The average molecular weight is 768 g/mol. The van der Waals surface area contributed by atoms with Crippen molar-refractivity contribution in [3.05, 3.63) is 222 Å². The van der Waals surface area contributed by atoms with Gasteiger partial charge in [0.25, 0.3) is 0 Å². The molecule has 1 aliphatic carbocycles. The number of fused-ring (bicyclic) bond motifs is 11. The van der Waals surface area contributed by atoms with Crippen molar-refractivity contribution < 1.29 is 0 Å². The third-order valence-corrected chi connectivity index (χ3v) is 12.4. The third-order valence-electron chi connectivity index (χ3n) is 12.4. The first-order valence-corrected chi connectivity index (χ1v) is 20.3. The van der Waals surface area contributed by atoms with E-state index in [4.69, 9.17) is 19.9 Å². The second kappa shape index (κ2) is 12.4. The van der Waals surface area contributed by atoms with Crippen molar-refractivity contribution in [1.82, 2.24) is 33.5 Å². The molecule has 0 saturated carbocycles. The summed E-state index contributed by atoms with van der Waals surface area (Å²) < 4.78 is 6.48. The van der Waals surface area contributed by atoms with E-state index < -0.39 is 5.41 Å². The van der Waals surface area contributed by atoms with Gasteiger partial charge in [-0.25, -0.2) is 9.55 Å². The van der Waals surface area contributed by atoms with Crippen LogP contribution in [0.15, 0.2) is 200 Å². The third kappa shape index (κ3) is 4.38. The summed E-state index contributed by atoms with van der Waals surface area (Å²) in [6.45, 7) is 0. The highest BCUT2D eigenvalue weighted by Gasteiger charge is 2.47. The minimum atomic E-state index is -0.668. The van der Waals surface area contributed by atoms with Gasteiger partial charge in [0.05, 0.1) is 38.5 Å². The molecule has 4 aromatic heterocycles. The Bertz CT molecular complexity index is 3590. The maximum atomic E-state index is 5.53. The van der Waals surface area contributed by atoms with Gasteiger partial charge in [-0.05, 0) is 69.8 Å². The van der Waals surface area contributed by atoms with Crippen LogP contribution in [0.1, 0.15) is 22.3 Å². The van der Waals surface area contributed by atoms with Crippen molar-refractivity contribution in [3.8, 4) is 34.4 Å². The first kappa shape index (κ1) is 32.9. The van der Waals surface area contributed by atoms with Crippen LogP contribution < -0.4 is 0 Å². The topological polar surface area (TPSA) is 65.8 Å². The van der Waals surface area contributed by atoms with E-state index >= 15 is 0 Å². The van der Waals surface area contributed by atoms with Crippen molar-refractivity contribution in [3.63, 3.8) is 0 Å². The fourth-order valence-corrected chi connectivity index (χ4v) is 10.0. The van der Waals surface area contributed by atoms with Gasteiger partial charge < -0.3 is 0 Å². The van der Waals surface area contributed by atoms with Crippen molar-refractivity contribution in [2.75, 3.05) is 0 Å². The molecule has 0 radical (unpaired) electrons. The lowest BCUT2D eigenvalue weighted by molar-refractivity contribution is 0.767. The molecular weight excluding hydrogens is 735 g/mol. The van der Waals surface area contributed by atoms with Crippen LogP contribution in [0, 0.1) is 0 Å². The minimum absolute atomic E-state index is 0.481. The van der Waals surface area contributed by atoms with Crippen LogP contribution in [0.5, 0.6) is 0 Å². The molecular formula is C53H33N7. The zero-order chi connectivity index (χ0) is 39.4. The van der Waals surface area contributed by atoms with E-state index in [1.54, 1.807) is 0 Å². The van der Waals surface area contributed by atoms with Gasteiger partial charge in [0, 0.05) is 16.3 Å². The van der Waals surface area contributed by atoms with Crippen LogP contribution in [-0.4, -0.2) is 33.5 Å². The minimum Gasteiger partial charge on any atom is -0.278 e. The summed E-state index contributed by atoms with van der Waals surface area (Å²) in [5.41, 5.74) is 13.3. The highest BCUT2D eigenvalue weighted by Crippen LogP contribution is 2.57. The summed E-state index contributed by atoms with van der Waals surface area (Å²) in [5, 5.41) is 2.26. The van der Waals surface area contributed by atoms with E-state index in [0.717, 1.165) is 60.8 Å². The van der Waals surface area contributed by atoms with Crippen molar-refractivity contribution >= 4 is 49.7 Å². The number of nitrogens with zero attached hydrogens (tertiary/aromatic N) is 7. The molecule has 7 heteroatoms. The van der Waals surface area contributed by atoms with Crippen LogP contribution in [0.4, 0.5) is 0 Å². The second-order valence-corrected chi connectivity index (χ2v) is 15.4. The maximum absolute atomic E-state index is 5.53. The molecule has 0 saturated heterocycles. The van der Waals surface area contributed by atoms with E-state index in [0.29, 0.717) is 17.7 Å². The lowest BCUT2D eigenvalue weighted by Gasteiger charge is -2.35. The molecule has 280 valence electrons. The van der Waals surface area contributed by atoms with Gasteiger partial charge in [-0.15, -0.1) is 0 Å². The Morgan fingerprint density at radius 2 is 0.800 bits per heavy atom.